The van der Waals surface area contributed by atoms with Gasteiger partial charge in [-0.1, -0.05) is 6.07 Å². The minimum atomic E-state index is -0.924. The summed E-state index contributed by atoms with van der Waals surface area (Å²) in [6.07, 6.45) is -0.182. The fourth-order valence-corrected chi connectivity index (χ4v) is 2.18. The Hall–Kier alpha value is -1.77. The number of hydrogen-bond donors (Lipinski definition) is 3. The predicted octanol–water partition coefficient (Wildman–Crippen LogP) is 0.794. The average Bonchev–Trinajstić information content (AvgIpc) is 2.35. The third-order valence-corrected chi connectivity index (χ3v) is 3.21. The van der Waals surface area contributed by atoms with Crippen LogP contribution in [0.5, 0.6) is 5.75 Å². The lowest BCUT2D eigenvalue weighted by atomic mass is 9.92. The highest BCUT2D eigenvalue weighted by Crippen LogP contribution is 2.28. The summed E-state index contributed by atoms with van der Waals surface area (Å²) in [6, 6.07) is 6.94. The highest BCUT2D eigenvalue weighted by molar-refractivity contribution is 5.60. The van der Waals surface area contributed by atoms with Crippen molar-refractivity contribution in [2.24, 2.45) is 0 Å². The number of nitriles is 1. The van der Waals surface area contributed by atoms with E-state index in [1.165, 1.54) is 0 Å². The van der Waals surface area contributed by atoms with Gasteiger partial charge in [0.2, 0.25) is 0 Å². The van der Waals surface area contributed by atoms with Crippen LogP contribution in [0.15, 0.2) is 18.2 Å². The number of anilines is 1. The molecule has 96 valence electrons. The van der Waals surface area contributed by atoms with E-state index in [0.29, 0.717) is 24.3 Å². The van der Waals surface area contributed by atoms with Crippen molar-refractivity contribution >= 4 is 5.69 Å². The lowest BCUT2D eigenvalue weighted by Gasteiger charge is -2.32. The third-order valence-electron chi connectivity index (χ3n) is 3.21. The van der Waals surface area contributed by atoms with Crippen molar-refractivity contribution in [2.45, 2.75) is 37.6 Å². The zero-order valence-corrected chi connectivity index (χ0v) is 9.91. The van der Waals surface area contributed by atoms with Gasteiger partial charge in [0, 0.05) is 0 Å². The molecular weight excluding hydrogens is 232 g/mol. The number of nitrogens with zero attached hydrogens (tertiary/aromatic N) is 1. The van der Waals surface area contributed by atoms with Crippen LogP contribution in [0.25, 0.3) is 0 Å². The molecule has 18 heavy (non-hydrogen) atoms. The topological polar surface area (TPSA) is 99.5 Å². The molecule has 1 aliphatic carbocycles. The molecule has 0 heterocycles. The van der Waals surface area contributed by atoms with Crippen LogP contribution in [-0.4, -0.2) is 28.5 Å². The minimum absolute atomic E-state index is 0.268. The van der Waals surface area contributed by atoms with Crippen molar-refractivity contribution in [2.75, 3.05) is 5.73 Å². The molecule has 1 saturated carbocycles. The van der Waals surface area contributed by atoms with Crippen molar-refractivity contribution in [3.63, 3.8) is 0 Å². The van der Waals surface area contributed by atoms with Crippen molar-refractivity contribution in [1.82, 2.24) is 0 Å². The van der Waals surface area contributed by atoms with Gasteiger partial charge in [-0.3, -0.25) is 0 Å². The van der Waals surface area contributed by atoms with Crippen LogP contribution >= 0.6 is 0 Å². The van der Waals surface area contributed by atoms with Crippen LogP contribution in [0.2, 0.25) is 0 Å². The third kappa shape index (κ3) is 2.40. The molecule has 0 saturated heterocycles. The van der Waals surface area contributed by atoms with Gasteiger partial charge in [-0.05, 0) is 31.4 Å². The zero-order valence-electron chi connectivity index (χ0n) is 9.91. The second kappa shape index (κ2) is 5.25. The smallest absolute Gasteiger partial charge is 0.139 e. The van der Waals surface area contributed by atoms with Gasteiger partial charge in [-0.15, -0.1) is 0 Å². The minimum Gasteiger partial charge on any atom is -0.486 e. The molecule has 5 heteroatoms. The lowest BCUT2D eigenvalue weighted by molar-refractivity contribution is -0.0745. The Morgan fingerprint density at radius 2 is 2.11 bits per heavy atom. The number of hydrogen-bond acceptors (Lipinski definition) is 5. The van der Waals surface area contributed by atoms with Crippen molar-refractivity contribution in [3.8, 4) is 11.8 Å². The molecule has 1 fully saturated rings. The van der Waals surface area contributed by atoms with Crippen LogP contribution in [-0.2, 0) is 0 Å². The summed E-state index contributed by atoms with van der Waals surface area (Å²) >= 11 is 0. The number of rotatable bonds is 2. The number of nitrogen functional groups attached to an aromatic ring is 1. The number of aliphatic hydroxyl groups excluding tert-OH is 2. The molecule has 0 aliphatic heterocycles. The van der Waals surface area contributed by atoms with Gasteiger partial charge in [-0.25, -0.2) is 0 Å². The first-order chi connectivity index (χ1) is 8.63. The Balaban J connectivity index is 2.19. The maximum atomic E-state index is 9.84. The summed E-state index contributed by atoms with van der Waals surface area (Å²) in [6.45, 7) is 0. The first-order valence-electron chi connectivity index (χ1n) is 5.95. The highest BCUT2D eigenvalue weighted by Gasteiger charge is 2.32. The Labute approximate surface area is 105 Å². The van der Waals surface area contributed by atoms with E-state index < -0.39 is 18.3 Å². The van der Waals surface area contributed by atoms with Crippen LogP contribution in [0.4, 0.5) is 5.69 Å². The summed E-state index contributed by atoms with van der Waals surface area (Å²) in [5.41, 5.74) is 6.30. The highest BCUT2D eigenvalue weighted by atomic mass is 16.5. The van der Waals surface area contributed by atoms with E-state index in [1.807, 2.05) is 6.07 Å². The van der Waals surface area contributed by atoms with E-state index in [4.69, 9.17) is 15.7 Å². The normalized spacial score (nSPS) is 27.5. The van der Waals surface area contributed by atoms with Gasteiger partial charge in [-0.2, -0.15) is 5.26 Å². The van der Waals surface area contributed by atoms with Gasteiger partial charge >= 0.3 is 0 Å². The van der Waals surface area contributed by atoms with E-state index in [-0.39, 0.29) is 5.56 Å². The average molecular weight is 248 g/mol. The maximum Gasteiger partial charge on any atom is 0.139 e. The summed E-state index contributed by atoms with van der Waals surface area (Å²) in [4.78, 5) is 0. The molecule has 3 unspecified atom stereocenters. The quantitative estimate of drug-likeness (QED) is 0.672. The molecule has 3 atom stereocenters. The molecule has 0 spiro atoms. The number of nitrogens with two attached hydrogens (primary N) is 1. The standard InChI is InChI=1S/C13H16N2O3/c14-7-8-9(15)3-1-5-11(8)18-12-6-2-4-10(16)13(12)17/h1,3,5,10,12-13,16-17H,2,4,6,15H2. The van der Waals surface area contributed by atoms with Crippen molar-refractivity contribution in [3.05, 3.63) is 23.8 Å². The molecule has 1 aromatic carbocycles. The molecule has 4 N–H and O–H groups in total. The summed E-state index contributed by atoms with van der Waals surface area (Å²) in [5, 5.41) is 28.5. The fraction of sp³-hybridized carbons (Fsp3) is 0.462. The molecule has 0 aromatic heterocycles. The summed E-state index contributed by atoms with van der Waals surface area (Å²) in [5.74, 6) is 0.357. The summed E-state index contributed by atoms with van der Waals surface area (Å²) < 4.78 is 5.63. The van der Waals surface area contributed by atoms with Crippen LogP contribution in [0.1, 0.15) is 24.8 Å². The van der Waals surface area contributed by atoms with Crippen LogP contribution in [0, 0.1) is 11.3 Å². The molecule has 0 bridgehead atoms. The second-order valence-electron chi connectivity index (χ2n) is 4.48. The predicted molar refractivity (Wildman–Crippen MR) is 65.9 cm³/mol. The van der Waals surface area contributed by atoms with Gasteiger partial charge in [0.1, 0.15) is 29.6 Å². The van der Waals surface area contributed by atoms with Crippen LogP contribution in [0.3, 0.4) is 0 Å². The van der Waals surface area contributed by atoms with E-state index >= 15 is 0 Å². The molecule has 1 aliphatic rings. The maximum absolute atomic E-state index is 9.84. The molecule has 1 aromatic rings. The van der Waals surface area contributed by atoms with Crippen molar-refractivity contribution in [1.29, 1.82) is 5.26 Å². The Morgan fingerprint density at radius 3 is 2.83 bits per heavy atom. The van der Waals surface area contributed by atoms with E-state index in [9.17, 15) is 10.2 Å². The summed E-state index contributed by atoms with van der Waals surface area (Å²) in [7, 11) is 0. The van der Waals surface area contributed by atoms with Crippen LogP contribution < -0.4 is 10.5 Å². The monoisotopic (exact) mass is 248 g/mol. The Bertz CT molecular complexity index is 470. The van der Waals surface area contributed by atoms with Gasteiger partial charge in [0.25, 0.3) is 0 Å². The number of ether oxygens (including phenoxy) is 1. The van der Waals surface area contributed by atoms with E-state index in [1.54, 1.807) is 18.2 Å². The van der Waals surface area contributed by atoms with E-state index in [2.05, 4.69) is 0 Å². The number of benzene rings is 1. The lowest BCUT2D eigenvalue weighted by Crippen LogP contribution is -2.44. The van der Waals surface area contributed by atoms with Gasteiger partial charge in [0.15, 0.2) is 0 Å². The SMILES string of the molecule is N#Cc1c(N)cccc1OC1CCCC(O)C1O. The van der Waals surface area contributed by atoms with E-state index in [0.717, 1.165) is 6.42 Å². The molecule has 0 radical (unpaired) electrons. The Morgan fingerprint density at radius 1 is 1.33 bits per heavy atom. The van der Waals surface area contributed by atoms with Gasteiger partial charge in [0.05, 0.1) is 11.8 Å². The molecular formula is C13H16N2O3. The molecule has 0 amide bonds. The molecule has 5 nitrogen and oxygen atoms in total. The van der Waals surface area contributed by atoms with Gasteiger partial charge < -0.3 is 20.7 Å². The first-order valence-corrected chi connectivity index (χ1v) is 5.95. The fourth-order valence-electron chi connectivity index (χ4n) is 2.18. The first kappa shape index (κ1) is 12.7. The number of aliphatic hydroxyl groups is 2. The Kier molecular flexibility index (Phi) is 3.70. The van der Waals surface area contributed by atoms with Crippen molar-refractivity contribution < 1.29 is 14.9 Å². The second-order valence-corrected chi connectivity index (χ2v) is 4.48. The largest absolute Gasteiger partial charge is 0.486 e. The molecule has 2 rings (SSSR count). The zero-order chi connectivity index (χ0) is 13.1.